The molecular formula is C32H34F4N2Ti. The molecule has 2 aliphatic heterocycles. The zero-order valence-corrected chi connectivity index (χ0v) is 24.4. The van der Waals surface area contributed by atoms with E-state index in [4.69, 9.17) is 0 Å². The zero-order chi connectivity index (χ0) is 27.7. The Balaban J connectivity index is 1.64. The third-order valence-corrected chi connectivity index (χ3v) is 17.2. The van der Waals surface area contributed by atoms with E-state index in [1.807, 2.05) is 58.4 Å². The summed E-state index contributed by atoms with van der Waals surface area (Å²) in [6.45, 7) is 10.9. The Morgan fingerprint density at radius 3 is 1.23 bits per heavy atom. The van der Waals surface area contributed by atoms with Gasteiger partial charge in [0.25, 0.3) is 0 Å². The van der Waals surface area contributed by atoms with E-state index in [1.165, 1.54) is 24.3 Å². The van der Waals surface area contributed by atoms with Crippen LogP contribution in [0.1, 0.15) is 27.7 Å². The van der Waals surface area contributed by atoms with E-state index < -0.39 is 48.3 Å². The fraction of sp³-hybridized carbons (Fsp3) is 0.375. The Kier molecular flexibility index (Phi) is 6.31. The zero-order valence-electron chi connectivity index (χ0n) is 22.8. The molecule has 2 aromatic rings. The Labute approximate surface area is 231 Å². The first-order chi connectivity index (χ1) is 18.4. The number of halogens is 4. The molecule has 0 atom stereocenters. The van der Waals surface area contributed by atoms with Crippen LogP contribution in [0.2, 0.25) is 8.45 Å². The molecule has 2 fully saturated rings. The summed E-state index contributed by atoms with van der Waals surface area (Å²) in [6, 6.07) is 5.54. The fourth-order valence-corrected chi connectivity index (χ4v) is 15.9. The Hall–Kier alpha value is -2.57. The first kappa shape index (κ1) is 26.6. The fourth-order valence-electron chi connectivity index (χ4n) is 7.13. The van der Waals surface area contributed by atoms with Crippen LogP contribution in [0.25, 0.3) is 0 Å². The second-order valence-electron chi connectivity index (χ2n) is 13.0. The first-order valence-corrected chi connectivity index (χ1v) is 17.0. The molecule has 2 aliphatic carbocycles. The number of rotatable bonds is 6. The van der Waals surface area contributed by atoms with Crippen LogP contribution in [-0.2, 0) is 16.6 Å². The minimum atomic E-state index is -4.74. The van der Waals surface area contributed by atoms with Crippen molar-refractivity contribution in [1.82, 2.24) is 0 Å². The van der Waals surface area contributed by atoms with E-state index in [1.54, 1.807) is 0 Å². The summed E-state index contributed by atoms with van der Waals surface area (Å²) in [6.07, 6.45) is 14.8. The van der Waals surface area contributed by atoms with E-state index in [9.17, 15) is 0 Å². The molecule has 0 radical (unpaired) electrons. The van der Waals surface area contributed by atoms with Crippen LogP contribution < -0.4 is 17.5 Å². The van der Waals surface area contributed by atoms with Crippen molar-refractivity contribution in [1.29, 1.82) is 0 Å². The summed E-state index contributed by atoms with van der Waals surface area (Å²) in [4.78, 5) is 3.80. The third-order valence-electron chi connectivity index (χ3n) is 8.67. The average molecular weight is 570 g/mol. The van der Waals surface area contributed by atoms with Crippen LogP contribution in [0.5, 0.6) is 0 Å². The van der Waals surface area contributed by atoms with E-state index in [-0.39, 0.29) is 18.6 Å². The molecule has 2 aromatic carbocycles. The van der Waals surface area contributed by atoms with Crippen molar-refractivity contribution in [3.63, 3.8) is 0 Å². The molecule has 0 amide bonds. The van der Waals surface area contributed by atoms with Gasteiger partial charge >= 0.3 is 232 Å². The normalized spacial score (nSPS) is 21.6. The Bertz CT molecular complexity index is 1310. The molecule has 0 spiro atoms. The number of anilines is 2. The van der Waals surface area contributed by atoms with Gasteiger partial charge in [-0.05, 0) is 0 Å². The molecule has 6 rings (SSSR count). The molecule has 0 saturated carbocycles. The molecule has 2 heterocycles. The molecule has 0 N–H and O–H groups in total. The maximum absolute atomic E-state index is 16.9. The van der Waals surface area contributed by atoms with Crippen molar-refractivity contribution < 1.29 is 34.2 Å². The van der Waals surface area contributed by atoms with E-state index in [2.05, 4.69) is 27.7 Å². The summed E-state index contributed by atoms with van der Waals surface area (Å²) >= 11 is -4.74. The van der Waals surface area contributed by atoms with Gasteiger partial charge in [0, 0.05) is 0 Å². The Morgan fingerprint density at radius 1 is 0.590 bits per heavy atom. The molecular weight excluding hydrogens is 536 g/mol. The van der Waals surface area contributed by atoms with Gasteiger partial charge in [0.05, 0.1) is 0 Å². The molecule has 7 heteroatoms. The second-order valence-corrected chi connectivity index (χ2v) is 19.4. The van der Waals surface area contributed by atoms with Gasteiger partial charge in [0.1, 0.15) is 0 Å². The monoisotopic (exact) mass is 570 g/mol. The molecule has 4 aliphatic rings. The van der Waals surface area contributed by atoms with Gasteiger partial charge in [-0.25, -0.2) is 0 Å². The Morgan fingerprint density at radius 2 is 0.923 bits per heavy atom. The van der Waals surface area contributed by atoms with Crippen molar-refractivity contribution in [2.75, 3.05) is 36.0 Å². The van der Waals surface area contributed by atoms with E-state index >= 15 is 17.6 Å². The maximum atomic E-state index is 16.9. The minimum absolute atomic E-state index is 0.0188. The molecule has 0 bridgehead atoms. The SMILES string of the molecule is CC1(C)CN(c2ccc(F)[c]([Ti]([c]3c(F)ccc(N4CC(C)(C)C4)c3F)([CH]3C=CC=C3)[CH]3C=CC=C3)c2F)C1. The molecule has 2 nitrogen and oxygen atoms in total. The average Bonchev–Trinajstić information content (AvgIpc) is 3.55. The first-order valence-electron chi connectivity index (χ1n) is 13.6. The van der Waals surface area contributed by atoms with Crippen molar-refractivity contribution in [3.05, 3.63) is 96.1 Å². The molecule has 0 unspecified atom stereocenters. The van der Waals surface area contributed by atoms with Gasteiger partial charge in [0.2, 0.25) is 0 Å². The van der Waals surface area contributed by atoms with Gasteiger partial charge in [-0.15, -0.1) is 0 Å². The van der Waals surface area contributed by atoms with E-state index in [0.29, 0.717) is 37.6 Å². The predicted octanol–water partition coefficient (Wildman–Crippen LogP) is 6.87. The number of nitrogens with zero attached hydrogens (tertiary/aromatic N) is 2. The van der Waals surface area contributed by atoms with Crippen LogP contribution in [0.3, 0.4) is 0 Å². The number of benzene rings is 2. The summed E-state index contributed by atoms with van der Waals surface area (Å²) in [5.41, 5.74) is 0.647. The van der Waals surface area contributed by atoms with Crippen molar-refractivity contribution in [2.24, 2.45) is 10.8 Å². The van der Waals surface area contributed by atoms with Gasteiger partial charge in [-0.3, -0.25) is 0 Å². The van der Waals surface area contributed by atoms with Gasteiger partial charge < -0.3 is 0 Å². The summed E-state index contributed by atoms with van der Waals surface area (Å²) < 4.78 is 64.9. The van der Waals surface area contributed by atoms with Crippen LogP contribution >= 0.6 is 0 Å². The standard InChI is InChI=1S/2C11H12F2N.2C5H5.Ti/c2*1-11(2)6-14(7-11)10-4-3-8(12)5-9(10)13;2*1-2-4-5-3-1;/h2*3-4H,6-7H2,1-2H3;2*1-5H;. The number of allylic oxidation sites excluding steroid dienone is 8. The predicted molar refractivity (Wildman–Crippen MR) is 148 cm³/mol. The summed E-state index contributed by atoms with van der Waals surface area (Å²) in [5, 5.41) is 0. The second kappa shape index (κ2) is 9.24. The van der Waals surface area contributed by atoms with Gasteiger partial charge in [0.15, 0.2) is 0 Å². The van der Waals surface area contributed by atoms with Gasteiger partial charge in [-0.2, -0.15) is 0 Å². The molecule has 204 valence electrons. The summed E-state index contributed by atoms with van der Waals surface area (Å²) in [5.74, 6) is -2.81. The van der Waals surface area contributed by atoms with Crippen molar-refractivity contribution in [3.8, 4) is 0 Å². The topological polar surface area (TPSA) is 6.48 Å². The summed E-state index contributed by atoms with van der Waals surface area (Å²) in [7, 11) is 0. The quantitative estimate of drug-likeness (QED) is 0.276. The molecule has 0 aromatic heterocycles. The van der Waals surface area contributed by atoms with Crippen LogP contribution in [0.15, 0.2) is 72.9 Å². The van der Waals surface area contributed by atoms with E-state index in [0.717, 1.165) is 0 Å². The molecule has 39 heavy (non-hydrogen) atoms. The van der Waals surface area contributed by atoms with Crippen LogP contribution in [0.4, 0.5) is 28.9 Å². The number of hydrogen-bond donors (Lipinski definition) is 0. The van der Waals surface area contributed by atoms with Crippen LogP contribution in [0, 0.1) is 34.1 Å². The third kappa shape index (κ3) is 4.17. The molecule has 2 saturated heterocycles. The van der Waals surface area contributed by atoms with Crippen molar-refractivity contribution in [2.45, 2.75) is 36.1 Å². The van der Waals surface area contributed by atoms with Gasteiger partial charge in [-0.1, -0.05) is 0 Å². The van der Waals surface area contributed by atoms with Crippen LogP contribution in [-0.4, -0.2) is 26.2 Å². The van der Waals surface area contributed by atoms with Crippen molar-refractivity contribution >= 4 is 19.1 Å². The number of hydrogen-bond acceptors (Lipinski definition) is 2.